The highest BCUT2D eigenvalue weighted by molar-refractivity contribution is 14.0. The number of ether oxygens (including phenoxy) is 1. The Morgan fingerprint density at radius 3 is 2.40 bits per heavy atom. The minimum atomic E-state index is 0. The molecular formula is C20H28IN3O. The molecule has 0 amide bonds. The van der Waals surface area contributed by atoms with Crippen LogP contribution in [0.25, 0.3) is 0 Å². The molecule has 2 aromatic carbocycles. The smallest absolute Gasteiger partial charge is 0.193 e. The molecule has 0 aliphatic carbocycles. The number of unbranched alkanes of at least 4 members (excludes halogenated alkanes) is 1. The van der Waals surface area contributed by atoms with Crippen molar-refractivity contribution >= 4 is 35.6 Å². The number of aryl methyl sites for hydroxylation is 2. The molecule has 0 bridgehead atoms. The largest absolute Gasteiger partial charge is 0.377 e. The van der Waals surface area contributed by atoms with Crippen LogP contribution in [0, 0.1) is 13.8 Å². The molecular weight excluding hydrogens is 425 g/mol. The topological polar surface area (TPSA) is 59.6 Å². The van der Waals surface area contributed by atoms with E-state index in [-0.39, 0.29) is 24.0 Å². The van der Waals surface area contributed by atoms with Crippen molar-refractivity contribution in [3.8, 4) is 0 Å². The van der Waals surface area contributed by atoms with Crippen molar-refractivity contribution in [2.45, 2.75) is 33.3 Å². The van der Waals surface area contributed by atoms with E-state index in [2.05, 4.69) is 54.5 Å². The first-order valence-electron chi connectivity index (χ1n) is 8.40. The fourth-order valence-electron chi connectivity index (χ4n) is 2.51. The summed E-state index contributed by atoms with van der Waals surface area (Å²) in [6.07, 6.45) is 1.94. The van der Waals surface area contributed by atoms with Gasteiger partial charge in [-0.1, -0.05) is 36.4 Å². The third-order valence-corrected chi connectivity index (χ3v) is 3.58. The Kier molecular flexibility index (Phi) is 10.2. The number of guanidine groups is 1. The molecule has 0 aliphatic heterocycles. The van der Waals surface area contributed by atoms with Gasteiger partial charge in [-0.05, 0) is 55.5 Å². The van der Waals surface area contributed by atoms with Crippen LogP contribution in [0.3, 0.4) is 0 Å². The van der Waals surface area contributed by atoms with Crippen LogP contribution in [0.1, 0.15) is 29.5 Å². The molecule has 0 aliphatic rings. The lowest BCUT2D eigenvalue weighted by atomic mass is 10.1. The van der Waals surface area contributed by atoms with Crippen molar-refractivity contribution in [2.75, 3.05) is 18.5 Å². The molecule has 0 atom stereocenters. The molecule has 0 saturated carbocycles. The Morgan fingerprint density at radius 1 is 1.04 bits per heavy atom. The number of halogens is 1. The monoisotopic (exact) mass is 453 g/mol. The first kappa shape index (κ1) is 21.4. The lowest BCUT2D eigenvalue weighted by Crippen LogP contribution is -2.23. The van der Waals surface area contributed by atoms with E-state index in [4.69, 9.17) is 10.5 Å². The Bertz CT molecular complexity index is 639. The number of benzene rings is 2. The van der Waals surface area contributed by atoms with Crippen molar-refractivity contribution in [2.24, 2.45) is 10.7 Å². The number of nitrogens with one attached hydrogen (secondary N) is 1. The van der Waals surface area contributed by atoms with E-state index in [1.165, 1.54) is 16.7 Å². The van der Waals surface area contributed by atoms with Gasteiger partial charge in [0.1, 0.15) is 0 Å². The zero-order chi connectivity index (χ0) is 17.2. The number of aliphatic imine (C=N–C) groups is 1. The highest BCUT2D eigenvalue weighted by Crippen LogP contribution is 2.13. The molecule has 0 unspecified atom stereocenters. The van der Waals surface area contributed by atoms with Crippen molar-refractivity contribution in [1.82, 2.24) is 0 Å². The van der Waals surface area contributed by atoms with Crippen molar-refractivity contribution in [3.05, 3.63) is 65.2 Å². The van der Waals surface area contributed by atoms with Crippen LogP contribution in [0.5, 0.6) is 0 Å². The summed E-state index contributed by atoms with van der Waals surface area (Å²) in [5.74, 6) is 0.463. The van der Waals surface area contributed by atoms with Gasteiger partial charge in [0, 0.05) is 18.8 Å². The Morgan fingerprint density at radius 2 is 1.72 bits per heavy atom. The Hall–Kier alpha value is -1.60. The SMILES string of the molecule is Cc1cc(C)cc(NC(N)=NCCCCOCc2ccccc2)c1.I. The van der Waals surface area contributed by atoms with Crippen LogP contribution in [0.2, 0.25) is 0 Å². The summed E-state index contributed by atoms with van der Waals surface area (Å²) in [4.78, 5) is 4.36. The average Bonchev–Trinajstić information content (AvgIpc) is 2.54. The molecule has 3 N–H and O–H groups in total. The fourth-order valence-corrected chi connectivity index (χ4v) is 2.51. The van der Waals surface area contributed by atoms with E-state index < -0.39 is 0 Å². The van der Waals surface area contributed by atoms with Crippen LogP contribution < -0.4 is 11.1 Å². The van der Waals surface area contributed by atoms with Crippen molar-refractivity contribution in [3.63, 3.8) is 0 Å². The van der Waals surface area contributed by atoms with Gasteiger partial charge in [-0.15, -0.1) is 24.0 Å². The lowest BCUT2D eigenvalue weighted by Gasteiger charge is -2.08. The molecule has 0 saturated heterocycles. The number of nitrogens with zero attached hydrogens (tertiary/aromatic N) is 1. The Balaban J connectivity index is 0.00000312. The van der Waals surface area contributed by atoms with Crippen LogP contribution in [-0.2, 0) is 11.3 Å². The second-order valence-electron chi connectivity index (χ2n) is 6.01. The van der Waals surface area contributed by atoms with Crippen LogP contribution in [-0.4, -0.2) is 19.1 Å². The second-order valence-corrected chi connectivity index (χ2v) is 6.01. The van der Waals surface area contributed by atoms with Gasteiger partial charge in [0.15, 0.2) is 5.96 Å². The molecule has 2 rings (SSSR count). The normalized spacial score (nSPS) is 11.0. The quantitative estimate of drug-likeness (QED) is 0.265. The molecule has 136 valence electrons. The predicted octanol–water partition coefficient (Wildman–Crippen LogP) is 4.65. The third-order valence-electron chi connectivity index (χ3n) is 3.58. The van der Waals surface area contributed by atoms with E-state index in [0.717, 1.165) is 25.1 Å². The number of nitrogens with two attached hydrogens (primary N) is 1. The molecule has 2 aromatic rings. The van der Waals surface area contributed by atoms with Gasteiger partial charge in [-0.25, -0.2) is 0 Å². The highest BCUT2D eigenvalue weighted by Gasteiger charge is 1.98. The van der Waals surface area contributed by atoms with Crippen LogP contribution >= 0.6 is 24.0 Å². The van der Waals surface area contributed by atoms with Gasteiger partial charge in [0.05, 0.1) is 6.61 Å². The fraction of sp³-hybridized carbons (Fsp3) is 0.350. The van der Waals surface area contributed by atoms with E-state index in [1.807, 2.05) is 18.2 Å². The maximum Gasteiger partial charge on any atom is 0.193 e. The number of rotatable bonds is 8. The van der Waals surface area contributed by atoms with E-state index in [9.17, 15) is 0 Å². The molecule has 0 fully saturated rings. The lowest BCUT2D eigenvalue weighted by molar-refractivity contribution is 0.117. The summed E-state index contributed by atoms with van der Waals surface area (Å²) in [6, 6.07) is 16.5. The maximum atomic E-state index is 5.93. The second kappa shape index (κ2) is 11.9. The minimum absolute atomic E-state index is 0. The average molecular weight is 453 g/mol. The number of hydrogen-bond acceptors (Lipinski definition) is 2. The van der Waals surface area contributed by atoms with Gasteiger partial charge >= 0.3 is 0 Å². The molecule has 4 nitrogen and oxygen atoms in total. The molecule has 0 heterocycles. The van der Waals surface area contributed by atoms with E-state index in [0.29, 0.717) is 19.1 Å². The zero-order valence-electron chi connectivity index (χ0n) is 15.0. The van der Waals surface area contributed by atoms with Gasteiger partial charge in [-0.2, -0.15) is 0 Å². The van der Waals surface area contributed by atoms with Gasteiger partial charge in [0.2, 0.25) is 0 Å². The summed E-state index contributed by atoms with van der Waals surface area (Å²) < 4.78 is 5.65. The standard InChI is InChI=1S/C20H27N3O.HI/c1-16-12-17(2)14-19(13-16)23-20(21)22-10-6-7-11-24-15-18-8-4-3-5-9-18;/h3-5,8-9,12-14H,6-7,10-11,15H2,1-2H3,(H3,21,22,23);1H. The minimum Gasteiger partial charge on any atom is -0.377 e. The molecule has 0 spiro atoms. The number of anilines is 1. The van der Waals surface area contributed by atoms with Crippen LogP contribution in [0.15, 0.2) is 53.5 Å². The van der Waals surface area contributed by atoms with E-state index in [1.54, 1.807) is 0 Å². The first-order chi connectivity index (χ1) is 11.6. The van der Waals surface area contributed by atoms with Gasteiger partial charge in [-0.3, -0.25) is 4.99 Å². The third kappa shape index (κ3) is 8.88. The zero-order valence-corrected chi connectivity index (χ0v) is 17.3. The summed E-state index contributed by atoms with van der Waals surface area (Å²) >= 11 is 0. The predicted molar refractivity (Wildman–Crippen MR) is 117 cm³/mol. The van der Waals surface area contributed by atoms with Gasteiger partial charge in [0.25, 0.3) is 0 Å². The first-order valence-corrected chi connectivity index (χ1v) is 8.40. The van der Waals surface area contributed by atoms with Crippen molar-refractivity contribution < 1.29 is 4.74 Å². The molecule has 0 aromatic heterocycles. The summed E-state index contributed by atoms with van der Waals surface area (Å²) in [7, 11) is 0. The molecule has 0 radical (unpaired) electrons. The summed E-state index contributed by atoms with van der Waals surface area (Å²) in [6.45, 7) is 6.26. The van der Waals surface area contributed by atoms with Crippen LogP contribution in [0.4, 0.5) is 5.69 Å². The van der Waals surface area contributed by atoms with Gasteiger partial charge < -0.3 is 15.8 Å². The van der Waals surface area contributed by atoms with Crippen molar-refractivity contribution in [1.29, 1.82) is 0 Å². The highest BCUT2D eigenvalue weighted by atomic mass is 127. The summed E-state index contributed by atoms with van der Waals surface area (Å²) in [5.41, 5.74) is 10.5. The number of hydrogen-bond donors (Lipinski definition) is 2. The summed E-state index contributed by atoms with van der Waals surface area (Å²) in [5, 5.41) is 3.14. The molecule has 5 heteroatoms. The van der Waals surface area contributed by atoms with E-state index >= 15 is 0 Å². The molecule has 25 heavy (non-hydrogen) atoms. The maximum absolute atomic E-state index is 5.93. The Labute approximate surface area is 167 Å².